The lowest BCUT2D eigenvalue weighted by Gasteiger charge is -2.29. The molecule has 0 atom stereocenters. The lowest BCUT2D eigenvalue weighted by atomic mass is 10.0. The number of nitrogens with zero attached hydrogens (tertiary/aromatic N) is 1. The van der Waals surface area contributed by atoms with Gasteiger partial charge in [-0.05, 0) is 36.1 Å². The van der Waals surface area contributed by atoms with E-state index >= 15 is 0 Å². The molecule has 4 heteroatoms. The molecule has 0 saturated carbocycles. The number of aryl methyl sites for hydroxylation is 1. The van der Waals surface area contributed by atoms with Crippen LogP contribution in [0.3, 0.4) is 0 Å². The molecule has 0 fully saturated rings. The van der Waals surface area contributed by atoms with E-state index in [1.807, 2.05) is 47.4 Å². The van der Waals surface area contributed by atoms with Crippen molar-refractivity contribution in [1.82, 2.24) is 5.32 Å². The van der Waals surface area contributed by atoms with Crippen LogP contribution in [0.2, 0.25) is 5.02 Å². The predicted molar refractivity (Wildman–Crippen MR) is 85.8 cm³/mol. The molecule has 2 amide bonds. The van der Waals surface area contributed by atoms with Gasteiger partial charge in [0, 0.05) is 23.8 Å². The Hall–Kier alpha value is -2.00. The Bertz CT molecular complexity index is 657. The van der Waals surface area contributed by atoms with E-state index in [9.17, 15) is 4.79 Å². The van der Waals surface area contributed by atoms with Crippen LogP contribution in [-0.4, -0.2) is 12.6 Å². The summed E-state index contributed by atoms with van der Waals surface area (Å²) in [6.45, 7) is 1.20. The van der Waals surface area contributed by atoms with Gasteiger partial charge in [0.2, 0.25) is 0 Å². The fourth-order valence-corrected chi connectivity index (χ4v) is 2.86. The lowest BCUT2D eigenvalue weighted by molar-refractivity contribution is 0.245. The first-order valence-electron chi connectivity index (χ1n) is 7.12. The Kier molecular flexibility index (Phi) is 4.11. The molecule has 1 N–H and O–H groups in total. The quantitative estimate of drug-likeness (QED) is 0.893. The van der Waals surface area contributed by atoms with Crippen LogP contribution in [-0.2, 0) is 13.0 Å². The first-order valence-corrected chi connectivity index (χ1v) is 7.50. The molecule has 3 nitrogen and oxygen atoms in total. The number of para-hydroxylation sites is 1. The third-order valence-corrected chi connectivity index (χ3v) is 4.11. The highest BCUT2D eigenvalue weighted by molar-refractivity contribution is 6.31. The van der Waals surface area contributed by atoms with Crippen molar-refractivity contribution >= 4 is 23.3 Å². The molecule has 0 spiro atoms. The highest BCUT2D eigenvalue weighted by Gasteiger charge is 2.21. The second-order valence-electron chi connectivity index (χ2n) is 5.13. The van der Waals surface area contributed by atoms with Gasteiger partial charge in [0.1, 0.15) is 0 Å². The van der Waals surface area contributed by atoms with Gasteiger partial charge >= 0.3 is 6.03 Å². The van der Waals surface area contributed by atoms with Gasteiger partial charge in [-0.1, -0.05) is 48.0 Å². The Morgan fingerprint density at radius 1 is 1.14 bits per heavy atom. The summed E-state index contributed by atoms with van der Waals surface area (Å²) in [6.07, 6.45) is 2.03. The van der Waals surface area contributed by atoms with Crippen molar-refractivity contribution in [2.24, 2.45) is 0 Å². The number of fused-ring (bicyclic) bond motifs is 1. The lowest BCUT2D eigenvalue weighted by Crippen LogP contribution is -2.42. The molecule has 0 radical (unpaired) electrons. The third-order valence-electron chi connectivity index (χ3n) is 3.74. The Balaban J connectivity index is 1.71. The molecular weight excluding hydrogens is 284 g/mol. The van der Waals surface area contributed by atoms with Gasteiger partial charge in [-0.3, -0.25) is 4.90 Å². The summed E-state index contributed by atoms with van der Waals surface area (Å²) in [5, 5.41) is 3.63. The average molecular weight is 301 g/mol. The molecular formula is C17H17ClN2O. The van der Waals surface area contributed by atoms with Gasteiger partial charge in [-0.25, -0.2) is 4.79 Å². The summed E-state index contributed by atoms with van der Waals surface area (Å²) < 4.78 is 0. The number of amides is 2. The number of nitrogens with one attached hydrogen (secondary N) is 1. The zero-order valence-electron chi connectivity index (χ0n) is 11.7. The van der Waals surface area contributed by atoms with Gasteiger partial charge in [0.05, 0.1) is 0 Å². The van der Waals surface area contributed by atoms with Crippen molar-refractivity contribution in [3.8, 4) is 0 Å². The summed E-state index contributed by atoms with van der Waals surface area (Å²) in [5.74, 6) is 0. The number of anilines is 1. The van der Waals surface area contributed by atoms with Crippen molar-refractivity contribution < 1.29 is 4.79 Å². The molecule has 2 aromatic rings. The van der Waals surface area contributed by atoms with E-state index in [0.29, 0.717) is 11.6 Å². The molecule has 2 aromatic carbocycles. The smallest absolute Gasteiger partial charge is 0.322 e. The number of halogens is 1. The molecule has 1 aliphatic heterocycles. The van der Waals surface area contributed by atoms with Crippen molar-refractivity contribution in [3.63, 3.8) is 0 Å². The molecule has 0 unspecified atom stereocenters. The zero-order chi connectivity index (χ0) is 14.7. The maximum atomic E-state index is 12.4. The van der Waals surface area contributed by atoms with E-state index in [1.165, 1.54) is 5.56 Å². The number of benzene rings is 2. The molecule has 0 saturated heterocycles. The third kappa shape index (κ3) is 3.03. The van der Waals surface area contributed by atoms with Crippen LogP contribution in [0.1, 0.15) is 17.5 Å². The maximum Gasteiger partial charge on any atom is 0.322 e. The number of urea groups is 1. The number of hydrogen-bond acceptors (Lipinski definition) is 1. The minimum absolute atomic E-state index is 0.0675. The van der Waals surface area contributed by atoms with E-state index in [2.05, 4.69) is 11.4 Å². The number of rotatable bonds is 2. The van der Waals surface area contributed by atoms with Crippen LogP contribution < -0.4 is 10.2 Å². The Morgan fingerprint density at radius 3 is 2.76 bits per heavy atom. The number of carbonyl (C=O) groups is 1. The first-order chi connectivity index (χ1) is 10.3. The normalized spacial score (nSPS) is 13.7. The Labute approximate surface area is 129 Å². The minimum Gasteiger partial charge on any atom is -0.334 e. The second-order valence-corrected chi connectivity index (χ2v) is 5.54. The molecule has 21 heavy (non-hydrogen) atoms. The summed E-state index contributed by atoms with van der Waals surface area (Å²) in [7, 11) is 0. The van der Waals surface area contributed by atoms with Gasteiger partial charge in [0.15, 0.2) is 0 Å². The van der Waals surface area contributed by atoms with E-state index in [4.69, 9.17) is 11.6 Å². The number of hydrogen-bond donors (Lipinski definition) is 1. The molecule has 108 valence electrons. The van der Waals surface area contributed by atoms with E-state index in [-0.39, 0.29) is 6.03 Å². The van der Waals surface area contributed by atoms with Gasteiger partial charge in [-0.2, -0.15) is 0 Å². The second kappa shape index (κ2) is 6.19. The predicted octanol–water partition coefficient (Wildman–Crippen LogP) is 4.00. The van der Waals surface area contributed by atoms with Crippen molar-refractivity contribution in [1.29, 1.82) is 0 Å². The average Bonchev–Trinajstić information content (AvgIpc) is 2.53. The van der Waals surface area contributed by atoms with Crippen LogP contribution in [0.15, 0.2) is 48.5 Å². The summed E-state index contributed by atoms with van der Waals surface area (Å²) in [4.78, 5) is 14.2. The van der Waals surface area contributed by atoms with E-state index < -0.39 is 0 Å². The summed E-state index contributed by atoms with van der Waals surface area (Å²) in [5.41, 5.74) is 3.18. The zero-order valence-corrected chi connectivity index (χ0v) is 12.4. The molecule has 0 bridgehead atoms. The fourth-order valence-electron chi connectivity index (χ4n) is 2.65. The van der Waals surface area contributed by atoms with Crippen molar-refractivity contribution in [3.05, 3.63) is 64.7 Å². The monoisotopic (exact) mass is 300 g/mol. The van der Waals surface area contributed by atoms with Crippen LogP contribution in [0.4, 0.5) is 10.5 Å². The fraction of sp³-hybridized carbons (Fsp3) is 0.235. The summed E-state index contributed by atoms with van der Waals surface area (Å²) in [6, 6.07) is 15.6. The van der Waals surface area contributed by atoms with E-state index in [1.54, 1.807) is 0 Å². The standard InChI is InChI=1S/C17H17ClN2O/c18-15-9-3-1-7-14(15)12-19-17(21)20-11-5-8-13-6-2-4-10-16(13)20/h1-4,6-7,9-10H,5,8,11-12H2,(H,19,21). The van der Waals surface area contributed by atoms with Crippen LogP contribution in [0.5, 0.6) is 0 Å². The molecule has 0 aromatic heterocycles. The minimum atomic E-state index is -0.0675. The molecule has 0 aliphatic carbocycles. The van der Waals surface area contributed by atoms with Gasteiger partial charge in [0.25, 0.3) is 0 Å². The topological polar surface area (TPSA) is 32.3 Å². The SMILES string of the molecule is O=C(NCc1ccccc1Cl)N1CCCc2ccccc21. The van der Waals surface area contributed by atoms with Gasteiger partial charge in [-0.15, -0.1) is 0 Å². The van der Waals surface area contributed by atoms with Crippen LogP contribution >= 0.6 is 11.6 Å². The van der Waals surface area contributed by atoms with Crippen molar-refractivity contribution in [2.75, 3.05) is 11.4 Å². The first kappa shape index (κ1) is 14.0. The molecule has 3 rings (SSSR count). The Morgan fingerprint density at radius 2 is 1.90 bits per heavy atom. The molecule has 1 heterocycles. The summed E-state index contributed by atoms with van der Waals surface area (Å²) >= 11 is 6.11. The molecule has 1 aliphatic rings. The van der Waals surface area contributed by atoms with E-state index in [0.717, 1.165) is 30.6 Å². The van der Waals surface area contributed by atoms with Gasteiger partial charge < -0.3 is 5.32 Å². The van der Waals surface area contributed by atoms with Crippen LogP contribution in [0.25, 0.3) is 0 Å². The highest BCUT2D eigenvalue weighted by atomic mass is 35.5. The van der Waals surface area contributed by atoms with Crippen molar-refractivity contribution in [2.45, 2.75) is 19.4 Å². The number of carbonyl (C=O) groups excluding carboxylic acids is 1. The maximum absolute atomic E-state index is 12.4. The highest BCUT2D eigenvalue weighted by Crippen LogP contribution is 2.26. The largest absolute Gasteiger partial charge is 0.334 e. The van der Waals surface area contributed by atoms with Crippen LogP contribution in [0, 0.1) is 0 Å².